The molecule has 0 saturated carbocycles. The van der Waals surface area contributed by atoms with Gasteiger partial charge in [-0.15, -0.1) is 0 Å². The van der Waals surface area contributed by atoms with Crippen molar-refractivity contribution in [2.24, 2.45) is 0 Å². The fourth-order valence-electron chi connectivity index (χ4n) is 3.27. The van der Waals surface area contributed by atoms with Crippen molar-refractivity contribution >= 4 is 38.3 Å². The molecule has 0 aliphatic carbocycles. The number of aromatic nitrogens is 2. The van der Waals surface area contributed by atoms with E-state index in [2.05, 4.69) is 39.7 Å². The number of nitrogens with one attached hydrogen (secondary N) is 1. The maximum absolute atomic E-state index is 5.92. The van der Waals surface area contributed by atoms with E-state index in [0.29, 0.717) is 5.75 Å². The second-order valence-corrected chi connectivity index (χ2v) is 6.08. The molecule has 5 rings (SSSR count). The Labute approximate surface area is 150 Å². The number of hydrogen-bond acceptors (Lipinski definition) is 4. The first-order valence-corrected chi connectivity index (χ1v) is 8.43. The fraction of sp³-hybridized carbons (Fsp3) is 0. The van der Waals surface area contributed by atoms with Crippen molar-refractivity contribution in [3.8, 4) is 5.75 Å². The minimum Gasteiger partial charge on any atom is -0.380 e. The van der Waals surface area contributed by atoms with E-state index in [-0.39, 0.29) is 0 Å². The zero-order chi connectivity index (χ0) is 17.3. The predicted molar refractivity (Wildman–Crippen MR) is 105 cm³/mol. The maximum atomic E-state index is 5.92. The Kier molecular flexibility index (Phi) is 3.39. The van der Waals surface area contributed by atoms with Gasteiger partial charge in [-0.25, -0.2) is 5.48 Å². The van der Waals surface area contributed by atoms with Gasteiger partial charge in [0.1, 0.15) is 5.52 Å². The van der Waals surface area contributed by atoms with E-state index in [4.69, 9.17) is 4.84 Å². The highest BCUT2D eigenvalue weighted by Crippen LogP contribution is 2.31. The molecule has 0 amide bonds. The molecule has 2 aromatic heterocycles. The number of rotatable bonds is 3. The Morgan fingerprint density at radius 2 is 1.27 bits per heavy atom. The number of pyridine rings is 2. The van der Waals surface area contributed by atoms with Gasteiger partial charge < -0.3 is 4.84 Å². The van der Waals surface area contributed by atoms with Gasteiger partial charge in [-0.2, -0.15) is 0 Å². The van der Waals surface area contributed by atoms with Gasteiger partial charge in [-0.3, -0.25) is 9.97 Å². The van der Waals surface area contributed by atoms with Crippen LogP contribution in [0.15, 0.2) is 85.2 Å². The molecule has 0 saturated heterocycles. The second-order valence-electron chi connectivity index (χ2n) is 6.08. The van der Waals surface area contributed by atoms with E-state index in [1.54, 1.807) is 6.20 Å². The molecule has 0 spiro atoms. The number of nitrogens with zero attached hydrogens (tertiary/aromatic N) is 2. The normalized spacial score (nSPS) is 11.1. The van der Waals surface area contributed by atoms with Crippen molar-refractivity contribution in [2.45, 2.75) is 0 Å². The van der Waals surface area contributed by atoms with Crippen molar-refractivity contribution in [2.75, 3.05) is 5.48 Å². The monoisotopic (exact) mass is 337 g/mol. The highest BCUT2D eigenvalue weighted by Gasteiger charge is 2.08. The summed E-state index contributed by atoms with van der Waals surface area (Å²) in [4.78, 5) is 14.9. The topological polar surface area (TPSA) is 47.0 Å². The summed E-state index contributed by atoms with van der Waals surface area (Å²) in [6, 6.07) is 24.1. The summed E-state index contributed by atoms with van der Waals surface area (Å²) in [6.07, 6.45) is 3.58. The molecule has 1 N–H and O–H groups in total. The van der Waals surface area contributed by atoms with Crippen LogP contribution in [0.2, 0.25) is 0 Å². The largest absolute Gasteiger partial charge is 0.380 e. The molecule has 124 valence electrons. The standard InChI is InChI=1S/C22H15N3O/c1-5-15-11-12-17-8-4-14-24-22(17)20(15)18(9-1)25-26-19-10-2-6-16-7-3-13-23-21(16)19/h1-14,25H. The number of anilines is 1. The summed E-state index contributed by atoms with van der Waals surface area (Å²) >= 11 is 0. The Morgan fingerprint density at radius 3 is 2.15 bits per heavy atom. The Hall–Kier alpha value is -3.66. The van der Waals surface area contributed by atoms with Crippen molar-refractivity contribution in [3.05, 3.63) is 85.2 Å². The van der Waals surface area contributed by atoms with Crippen LogP contribution in [0.25, 0.3) is 32.6 Å². The molecule has 0 unspecified atom stereocenters. The molecule has 2 heterocycles. The molecule has 0 radical (unpaired) electrons. The Morgan fingerprint density at radius 1 is 0.615 bits per heavy atom. The lowest BCUT2D eigenvalue weighted by Crippen LogP contribution is -2.06. The predicted octanol–water partition coefficient (Wildman–Crippen LogP) is 5.34. The second kappa shape index (κ2) is 6.01. The molecule has 26 heavy (non-hydrogen) atoms. The average molecular weight is 337 g/mol. The number of hydrogen-bond donors (Lipinski definition) is 1. The average Bonchev–Trinajstić information content (AvgIpc) is 2.72. The van der Waals surface area contributed by atoms with Crippen LogP contribution >= 0.6 is 0 Å². The minimum absolute atomic E-state index is 0.688. The summed E-state index contributed by atoms with van der Waals surface area (Å²) in [5.41, 5.74) is 5.76. The van der Waals surface area contributed by atoms with Crippen LogP contribution in [0.3, 0.4) is 0 Å². The molecule has 0 bridgehead atoms. The van der Waals surface area contributed by atoms with E-state index in [1.807, 2.05) is 54.7 Å². The van der Waals surface area contributed by atoms with E-state index in [9.17, 15) is 0 Å². The lowest BCUT2D eigenvalue weighted by molar-refractivity contribution is 0.410. The molecular formula is C22H15N3O. The third kappa shape index (κ3) is 2.40. The third-order valence-corrected chi connectivity index (χ3v) is 4.48. The van der Waals surface area contributed by atoms with Gasteiger partial charge in [0.15, 0.2) is 5.75 Å². The van der Waals surface area contributed by atoms with Crippen LogP contribution < -0.4 is 10.3 Å². The van der Waals surface area contributed by atoms with Crippen LogP contribution in [0.4, 0.5) is 5.69 Å². The molecule has 0 aliphatic heterocycles. The Balaban J connectivity index is 1.60. The number of benzene rings is 3. The van der Waals surface area contributed by atoms with Gasteiger partial charge in [0, 0.05) is 28.6 Å². The summed E-state index contributed by atoms with van der Waals surface area (Å²) in [5, 5.41) is 4.29. The van der Waals surface area contributed by atoms with Crippen LogP contribution in [0.1, 0.15) is 0 Å². The van der Waals surface area contributed by atoms with Gasteiger partial charge >= 0.3 is 0 Å². The number of fused-ring (bicyclic) bond motifs is 4. The molecule has 3 aromatic carbocycles. The van der Waals surface area contributed by atoms with Gasteiger partial charge in [-0.05, 0) is 29.7 Å². The maximum Gasteiger partial charge on any atom is 0.181 e. The first kappa shape index (κ1) is 14.7. The summed E-state index contributed by atoms with van der Waals surface area (Å²) in [7, 11) is 0. The molecule has 0 aliphatic rings. The lowest BCUT2D eigenvalue weighted by atomic mass is 10.0. The minimum atomic E-state index is 0.688. The van der Waals surface area contributed by atoms with Crippen molar-refractivity contribution in [1.29, 1.82) is 0 Å². The molecular weight excluding hydrogens is 322 g/mol. The summed E-state index contributed by atoms with van der Waals surface area (Å²) in [5.74, 6) is 0.688. The van der Waals surface area contributed by atoms with E-state index in [0.717, 1.165) is 38.3 Å². The van der Waals surface area contributed by atoms with Crippen molar-refractivity contribution in [1.82, 2.24) is 9.97 Å². The quantitative estimate of drug-likeness (QED) is 0.356. The van der Waals surface area contributed by atoms with Gasteiger partial charge in [-0.1, -0.05) is 48.5 Å². The SMILES string of the molecule is c1cnc2c(ONc3cccc4ccc5cccnc5c34)cccc2c1. The van der Waals surface area contributed by atoms with Gasteiger partial charge in [0.2, 0.25) is 0 Å². The van der Waals surface area contributed by atoms with Crippen LogP contribution in [-0.4, -0.2) is 9.97 Å². The van der Waals surface area contributed by atoms with Crippen molar-refractivity contribution < 1.29 is 4.84 Å². The highest BCUT2D eigenvalue weighted by molar-refractivity contribution is 6.11. The fourth-order valence-corrected chi connectivity index (χ4v) is 3.27. The molecule has 5 aromatic rings. The van der Waals surface area contributed by atoms with E-state index < -0.39 is 0 Å². The van der Waals surface area contributed by atoms with Crippen LogP contribution in [-0.2, 0) is 0 Å². The molecule has 4 nitrogen and oxygen atoms in total. The first-order chi connectivity index (χ1) is 12.9. The number of para-hydroxylation sites is 1. The van der Waals surface area contributed by atoms with Crippen molar-refractivity contribution in [3.63, 3.8) is 0 Å². The Bertz CT molecular complexity index is 1240. The summed E-state index contributed by atoms with van der Waals surface area (Å²) in [6.45, 7) is 0. The van der Waals surface area contributed by atoms with Crippen LogP contribution in [0.5, 0.6) is 5.75 Å². The zero-order valence-electron chi connectivity index (χ0n) is 13.9. The highest BCUT2D eigenvalue weighted by atomic mass is 16.6. The zero-order valence-corrected chi connectivity index (χ0v) is 13.9. The van der Waals surface area contributed by atoms with Crippen LogP contribution in [0, 0.1) is 0 Å². The first-order valence-electron chi connectivity index (χ1n) is 8.43. The smallest absolute Gasteiger partial charge is 0.181 e. The molecule has 0 fully saturated rings. The summed E-state index contributed by atoms with van der Waals surface area (Å²) < 4.78 is 0. The van der Waals surface area contributed by atoms with Gasteiger partial charge in [0.05, 0.1) is 11.2 Å². The molecule has 4 heteroatoms. The van der Waals surface area contributed by atoms with Gasteiger partial charge in [0.25, 0.3) is 0 Å². The lowest BCUT2D eigenvalue weighted by Gasteiger charge is -2.13. The third-order valence-electron chi connectivity index (χ3n) is 4.48. The van der Waals surface area contributed by atoms with E-state index in [1.165, 1.54) is 0 Å². The van der Waals surface area contributed by atoms with E-state index >= 15 is 0 Å². The molecule has 0 atom stereocenters.